The fourth-order valence-corrected chi connectivity index (χ4v) is 3.90. The van der Waals surface area contributed by atoms with Gasteiger partial charge in [0.15, 0.2) is 11.6 Å². The number of nitrogens with two attached hydrogens (primary N) is 1. The van der Waals surface area contributed by atoms with Crippen LogP contribution in [0.1, 0.15) is 5.56 Å². The minimum absolute atomic E-state index is 0.0288. The Balaban J connectivity index is 2.32. The van der Waals surface area contributed by atoms with E-state index in [-0.39, 0.29) is 27.1 Å². The number of alkyl halides is 3. The molecule has 152 valence electrons. The van der Waals surface area contributed by atoms with Crippen molar-refractivity contribution in [2.24, 2.45) is 5.14 Å². The molecule has 0 unspecified atom stereocenters. The van der Waals surface area contributed by atoms with Crippen LogP contribution >= 0.6 is 11.6 Å². The van der Waals surface area contributed by atoms with Crippen LogP contribution in [0.3, 0.4) is 0 Å². The van der Waals surface area contributed by atoms with Gasteiger partial charge in [-0.3, -0.25) is 0 Å². The molecule has 0 saturated heterocycles. The molecular formula is C19H11ClF5NO2S. The van der Waals surface area contributed by atoms with Crippen LogP contribution in [0.4, 0.5) is 22.0 Å². The molecular weight excluding hydrogens is 437 g/mol. The second-order valence-corrected chi connectivity index (χ2v) is 7.98. The summed E-state index contributed by atoms with van der Waals surface area (Å²) in [5.74, 6) is -2.54. The van der Waals surface area contributed by atoms with Crippen molar-refractivity contribution in [2.45, 2.75) is 11.1 Å². The van der Waals surface area contributed by atoms with Gasteiger partial charge in [-0.2, -0.15) is 13.2 Å². The summed E-state index contributed by atoms with van der Waals surface area (Å²) in [5, 5.41) is 4.55. The molecule has 0 spiro atoms. The Morgan fingerprint density at radius 2 is 1.41 bits per heavy atom. The number of rotatable bonds is 3. The molecule has 0 amide bonds. The molecule has 0 fully saturated rings. The van der Waals surface area contributed by atoms with E-state index >= 15 is 0 Å². The highest BCUT2D eigenvalue weighted by Crippen LogP contribution is 2.40. The third kappa shape index (κ3) is 4.26. The summed E-state index contributed by atoms with van der Waals surface area (Å²) >= 11 is 5.73. The average Bonchev–Trinajstić information content (AvgIpc) is 2.61. The maximum Gasteiger partial charge on any atom is 0.417 e. The second kappa shape index (κ2) is 7.40. The molecule has 0 aliphatic rings. The molecule has 0 aromatic heterocycles. The van der Waals surface area contributed by atoms with Crippen molar-refractivity contribution in [2.75, 3.05) is 0 Å². The van der Waals surface area contributed by atoms with Crippen LogP contribution < -0.4 is 5.14 Å². The van der Waals surface area contributed by atoms with Crippen LogP contribution in [-0.2, 0) is 16.2 Å². The summed E-state index contributed by atoms with van der Waals surface area (Å²) in [6.45, 7) is 0. The first-order valence-electron chi connectivity index (χ1n) is 7.88. The van der Waals surface area contributed by atoms with Crippen molar-refractivity contribution < 1.29 is 30.4 Å². The number of hydrogen-bond donors (Lipinski definition) is 1. The van der Waals surface area contributed by atoms with Gasteiger partial charge in [0.2, 0.25) is 10.0 Å². The minimum Gasteiger partial charge on any atom is -0.225 e. The van der Waals surface area contributed by atoms with E-state index in [4.69, 9.17) is 16.7 Å². The van der Waals surface area contributed by atoms with Gasteiger partial charge in [0.25, 0.3) is 0 Å². The number of halogens is 6. The van der Waals surface area contributed by atoms with E-state index in [9.17, 15) is 30.4 Å². The summed E-state index contributed by atoms with van der Waals surface area (Å²) in [4.78, 5) is -0.356. The van der Waals surface area contributed by atoms with Crippen LogP contribution in [0.15, 0.2) is 59.5 Å². The molecule has 29 heavy (non-hydrogen) atoms. The maximum atomic E-state index is 14.0. The molecule has 0 bridgehead atoms. The molecule has 2 N–H and O–H groups in total. The van der Waals surface area contributed by atoms with E-state index in [0.29, 0.717) is 6.07 Å². The third-order valence-electron chi connectivity index (χ3n) is 4.13. The first-order valence-corrected chi connectivity index (χ1v) is 9.80. The summed E-state index contributed by atoms with van der Waals surface area (Å²) < 4.78 is 90.6. The summed E-state index contributed by atoms with van der Waals surface area (Å²) in [6.07, 6.45) is -4.70. The molecule has 3 rings (SSSR count). The zero-order chi connectivity index (χ0) is 21.6. The molecule has 3 aromatic rings. The fourth-order valence-electron chi connectivity index (χ4n) is 2.86. The topological polar surface area (TPSA) is 60.2 Å². The summed E-state index contributed by atoms with van der Waals surface area (Å²) in [7, 11) is -4.23. The lowest BCUT2D eigenvalue weighted by Gasteiger charge is -2.15. The molecule has 3 nitrogen and oxygen atoms in total. The van der Waals surface area contributed by atoms with Crippen molar-refractivity contribution >= 4 is 21.6 Å². The van der Waals surface area contributed by atoms with Crippen LogP contribution in [0, 0.1) is 11.6 Å². The minimum atomic E-state index is -4.70. The molecule has 10 heteroatoms. The predicted octanol–water partition coefficient (Wildman–Crippen LogP) is 5.62. The van der Waals surface area contributed by atoms with E-state index in [0.717, 1.165) is 24.3 Å². The van der Waals surface area contributed by atoms with Gasteiger partial charge >= 0.3 is 6.18 Å². The van der Waals surface area contributed by atoms with Crippen LogP contribution in [0.25, 0.3) is 22.3 Å². The zero-order valence-corrected chi connectivity index (χ0v) is 15.8. The Hall–Kier alpha value is -2.49. The van der Waals surface area contributed by atoms with E-state index in [1.54, 1.807) is 0 Å². The lowest BCUT2D eigenvalue weighted by Crippen LogP contribution is -2.13. The van der Waals surface area contributed by atoms with E-state index in [1.165, 1.54) is 24.3 Å². The molecule has 0 radical (unpaired) electrons. The first kappa shape index (κ1) is 21.2. The Kier molecular flexibility index (Phi) is 5.42. The van der Waals surface area contributed by atoms with Gasteiger partial charge in [-0.1, -0.05) is 35.9 Å². The van der Waals surface area contributed by atoms with E-state index in [2.05, 4.69) is 0 Å². The SMILES string of the molecule is NS(=O)(=O)c1ccccc1-c1cc(F)c(F)cc1-c1ccc(C(F)(F)F)c(Cl)c1. The quantitative estimate of drug-likeness (QED) is 0.530. The largest absolute Gasteiger partial charge is 0.417 e. The van der Waals surface area contributed by atoms with E-state index in [1.807, 2.05) is 0 Å². The van der Waals surface area contributed by atoms with Crippen LogP contribution in [0.2, 0.25) is 5.02 Å². The highest BCUT2D eigenvalue weighted by Gasteiger charge is 2.33. The average molecular weight is 448 g/mol. The second-order valence-electron chi connectivity index (χ2n) is 6.05. The standard InChI is InChI=1S/C19H11ClF5NO2S/c20-15-7-10(5-6-14(15)19(23,24)25)12-8-16(21)17(22)9-13(12)11-3-1-2-4-18(11)29(26,27)28/h1-9H,(H2,26,27,28). The molecule has 0 aliphatic heterocycles. The number of sulfonamides is 1. The number of hydrogen-bond acceptors (Lipinski definition) is 2. The number of primary sulfonamides is 1. The van der Waals surface area contributed by atoms with Gasteiger partial charge in [-0.25, -0.2) is 22.3 Å². The molecule has 0 saturated carbocycles. The molecule has 3 aromatic carbocycles. The van der Waals surface area contributed by atoms with Gasteiger partial charge in [-0.15, -0.1) is 0 Å². The fraction of sp³-hybridized carbons (Fsp3) is 0.0526. The maximum absolute atomic E-state index is 14.0. The summed E-state index contributed by atoms with van der Waals surface area (Å²) in [5.41, 5.74) is -1.25. The monoisotopic (exact) mass is 447 g/mol. The zero-order valence-electron chi connectivity index (χ0n) is 14.3. The first-order chi connectivity index (χ1) is 13.4. The van der Waals surface area contributed by atoms with Crippen molar-refractivity contribution in [3.63, 3.8) is 0 Å². The van der Waals surface area contributed by atoms with Gasteiger partial charge in [0.05, 0.1) is 15.5 Å². The van der Waals surface area contributed by atoms with Gasteiger partial charge < -0.3 is 0 Å². The molecule has 0 aliphatic carbocycles. The van der Waals surface area contributed by atoms with Crippen molar-refractivity contribution in [1.29, 1.82) is 0 Å². The number of benzene rings is 3. The Morgan fingerprint density at radius 3 is 1.97 bits per heavy atom. The van der Waals surface area contributed by atoms with Gasteiger partial charge in [-0.05, 0) is 47.0 Å². The highest BCUT2D eigenvalue weighted by molar-refractivity contribution is 7.89. The third-order valence-corrected chi connectivity index (χ3v) is 5.41. The molecule has 0 heterocycles. The van der Waals surface area contributed by atoms with Crippen molar-refractivity contribution in [1.82, 2.24) is 0 Å². The van der Waals surface area contributed by atoms with Crippen LogP contribution in [-0.4, -0.2) is 8.42 Å². The highest BCUT2D eigenvalue weighted by atomic mass is 35.5. The summed E-state index contributed by atoms with van der Waals surface area (Å²) in [6, 6.07) is 9.52. The lowest BCUT2D eigenvalue weighted by atomic mass is 9.93. The van der Waals surface area contributed by atoms with Gasteiger partial charge in [0, 0.05) is 5.56 Å². The predicted molar refractivity (Wildman–Crippen MR) is 98.6 cm³/mol. The van der Waals surface area contributed by atoms with Crippen molar-refractivity contribution in [3.05, 3.63) is 76.8 Å². The molecule has 0 atom stereocenters. The van der Waals surface area contributed by atoms with Crippen LogP contribution in [0.5, 0.6) is 0 Å². The Labute approximate surface area is 167 Å². The van der Waals surface area contributed by atoms with Gasteiger partial charge in [0.1, 0.15) is 0 Å². The van der Waals surface area contributed by atoms with E-state index < -0.39 is 38.4 Å². The smallest absolute Gasteiger partial charge is 0.225 e. The van der Waals surface area contributed by atoms with Crippen molar-refractivity contribution in [3.8, 4) is 22.3 Å². The Morgan fingerprint density at radius 1 is 0.828 bits per heavy atom. The normalized spacial score (nSPS) is 12.2. The Bertz CT molecular complexity index is 1210. The lowest BCUT2D eigenvalue weighted by molar-refractivity contribution is -0.137.